The van der Waals surface area contributed by atoms with Crippen LogP contribution >= 0.6 is 0 Å². The highest BCUT2D eigenvalue weighted by atomic mass is 16.5. The van der Waals surface area contributed by atoms with E-state index in [1.54, 1.807) is 0 Å². The molecule has 0 atom stereocenters. The Kier molecular flexibility index (Phi) is 15.9. The van der Waals surface area contributed by atoms with E-state index in [1.165, 1.54) is 38.5 Å². The fraction of sp³-hybridized carbons (Fsp3) is 0.958. The predicted octanol–water partition coefficient (Wildman–Crippen LogP) is 6.59. The summed E-state index contributed by atoms with van der Waals surface area (Å²) in [7, 11) is 0. The average molecular weight is 401 g/mol. The maximum atomic E-state index is 10.6. The number of carbonyl (C=O) groups is 1. The Balaban J connectivity index is 3.52. The highest BCUT2D eigenvalue weighted by Crippen LogP contribution is 2.30. The van der Waals surface area contributed by atoms with Gasteiger partial charge in [-0.2, -0.15) is 0 Å². The number of rotatable bonds is 20. The van der Waals surface area contributed by atoms with Gasteiger partial charge in [0.25, 0.3) is 0 Å². The third kappa shape index (κ3) is 18.7. The van der Waals surface area contributed by atoms with Crippen molar-refractivity contribution in [3.8, 4) is 0 Å². The second kappa shape index (κ2) is 16.2. The van der Waals surface area contributed by atoms with E-state index in [2.05, 4.69) is 27.7 Å². The Labute approximate surface area is 174 Å². The summed E-state index contributed by atoms with van der Waals surface area (Å²) in [5, 5.41) is 17.5. The van der Waals surface area contributed by atoms with Gasteiger partial charge in [0.2, 0.25) is 0 Å². The number of carboxylic acids is 1. The van der Waals surface area contributed by atoms with Crippen LogP contribution in [0.2, 0.25) is 0 Å². The fourth-order valence-corrected chi connectivity index (χ4v) is 3.74. The zero-order valence-corrected chi connectivity index (χ0v) is 19.2. The Morgan fingerprint density at radius 1 is 0.679 bits per heavy atom. The molecular formula is C24H48O4. The van der Waals surface area contributed by atoms with Crippen LogP contribution in [0.5, 0.6) is 0 Å². The smallest absolute Gasteiger partial charge is 0.303 e. The molecule has 0 aromatic heterocycles. The third-order valence-corrected chi connectivity index (χ3v) is 5.79. The lowest BCUT2D eigenvalue weighted by Gasteiger charge is -2.25. The lowest BCUT2D eigenvalue weighted by atomic mass is 9.82. The molecule has 0 bridgehead atoms. The van der Waals surface area contributed by atoms with Gasteiger partial charge >= 0.3 is 5.97 Å². The van der Waals surface area contributed by atoms with Gasteiger partial charge in [0.05, 0.1) is 0 Å². The third-order valence-electron chi connectivity index (χ3n) is 5.79. The van der Waals surface area contributed by atoms with Crippen LogP contribution in [0, 0.1) is 10.8 Å². The Morgan fingerprint density at radius 2 is 1.11 bits per heavy atom. The number of carboxylic acid groups (broad SMARTS) is 1. The van der Waals surface area contributed by atoms with Crippen LogP contribution in [0.1, 0.15) is 118 Å². The fourth-order valence-electron chi connectivity index (χ4n) is 3.74. The monoisotopic (exact) mass is 400 g/mol. The zero-order chi connectivity index (χ0) is 21.3. The summed E-state index contributed by atoms with van der Waals surface area (Å²) in [6, 6.07) is 0. The van der Waals surface area contributed by atoms with E-state index in [-0.39, 0.29) is 0 Å². The van der Waals surface area contributed by atoms with Crippen molar-refractivity contribution in [2.45, 2.75) is 118 Å². The molecule has 0 aliphatic carbocycles. The largest absolute Gasteiger partial charge is 0.481 e. The van der Waals surface area contributed by atoms with E-state index in [1.807, 2.05) is 0 Å². The van der Waals surface area contributed by atoms with Crippen molar-refractivity contribution in [2.24, 2.45) is 10.8 Å². The minimum Gasteiger partial charge on any atom is -0.481 e. The molecule has 0 aromatic carbocycles. The van der Waals surface area contributed by atoms with Crippen LogP contribution < -0.4 is 0 Å². The van der Waals surface area contributed by atoms with Gasteiger partial charge in [-0.05, 0) is 62.2 Å². The molecule has 0 aliphatic rings. The summed E-state index contributed by atoms with van der Waals surface area (Å²) >= 11 is 0. The molecule has 0 aliphatic heterocycles. The van der Waals surface area contributed by atoms with Gasteiger partial charge in [-0.3, -0.25) is 4.79 Å². The summed E-state index contributed by atoms with van der Waals surface area (Å²) in [6.45, 7) is 11.4. The van der Waals surface area contributed by atoms with Crippen molar-refractivity contribution in [2.75, 3.05) is 19.8 Å². The molecule has 0 spiro atoms. The number of hydrogen-bond donors (Lipinski definition) is 2. The highest BCUT2D eigenvalue weighted by molar-refractivity contribution is 5.66. The van der Waals surface area contributed by atoms with E-state index in [9.17, 15) is 4.79 Å². The summed E-state index contributed by atoms with van der Waals surface area (Å²) in [4.78, 5) is 10.6. The first kappa shape index (κ1) is 27.4. The van der Waals surface area contributed by atoms with Gasteiger partial charge < -0.3 is 14.9 Å². The van der Waals surface area contributed by atoms with Crippen LogP contribution in [0.15, 0.2) is 0 Å². The first-order valence-corrected chi connectivity index (χ1v) is 11.6. The maximum absolute atomic E-state index is 10.6. The van der Waals surface area contributed by atoms with Crippen molar-refractivity contribution in [3.63, 3.8) is 0 Å². The molecule has 0 rings (SSSR count). The predicted molar refractivity (Wildman–Crippen MR) is 118 cm³/mol. The molecule has 0 saturated heterocycles. The lowest BCUT2D eigenvalue weighted by Crippen LogP contribution is -2.12. The molecule has 28 heavy (non-hydrogen) atoms. The molecule has 168 valence electrons. The van der Waals surface area contributed by atoms with Gasteiger partial charge in [0, 0.05) is 26.2 Å². The Morgan fingerprint density at radius 3 is 1.54 bits per heavy atom. The zero-order valence-electron chi connectivity index (χ0n) is 19.2. The number of aliphatic hydroxyl groups is 1. The van der Waals surface area contributed by atoms with Gasteiger partial charge in [-0.15, -0.1) is 0 Å². The quantitative estimate of drug-likeness (QED) is 0.226. The molecule has 4 nitrogen and oxygen atoms in total. The van der Waals surface area contributed by atoms with E-state index in [0.29, 0.717) is 23.9 Å². The van der Waals surface area contributed by atoms with Gasteiger partial charge in [-0.1, -0.05) is 59.8 Å². The molecule has 0 fully saturated rings. The first-order chi connectivity index (χ1) is 13.2. The molecule has 0 saturated carbocycles. The summed E-state index contributed by atoms with van der Waals surface area (Å²) in [5.41, 5.74) is 0.715. The van der Waals surface area contributed by atoms with Gasteiger partial charge in [0.1, 0.15) is 0 Å². The number of ether oxygens (including phenoxy) is 1. The number of hydrogen-bond acceptors (Lipinski definition) is 3. The van der Waals surface area contributed by atoms with Crippen LogP contribution in [-0.4, -0.2) is 36.0 Å². The van der Waals surface area contributed by atoms with Crippen molar-refractivity contribution < 1.29 is 19.7 Å². The molecular weight excluding hydrogens is 352 g/mol. The Bertz CT molecular complexity index is 377. The van der Waals surface area contributed by atoms with E-state index in [0.717, 1.165) is 58.2 Å². The summed E-state index contributed by atoms with van der Waals surface area (Å²) < 4.78 is 5.81. The Hall–Kier alpha value is -0.610. The van der Waals surface area contributed by atoms with Gasteiger partial charge in [0.15, 0.2) is 0 Å². The SMILES string of the molecule is CC(C)(CCCCCO)CCCCOCCCCC(C)(C)CCCCC(=O)O. The number of unbranched alkanes of at least 4 members (excludes halogenated alkanes) is 5. The van der Waals surface area contributed by atoms with E-state index >= 15 is 0 Å². The number of aliphatic carboxylic acids is 1. The normalized spacial score (nSPS) is 12.5. The summed E-state index contributed by atoms with van der Waals surface area (Å²) in [5.74, 6) is -0.684. The first-order valence-electron chi connectivity index (χ1n) is 11.6. The van der Waals surface area contributed by atoms with Crippen molar-refractivity contribution >= 4 is 5.97 Å². The summed E-state index contributed by atoms with van der Waals surface area (Å²) in [6.07, 6.45) is 14.9. The molecule has 0 aromatic rings. The van der Waals surface area contributed by atoms with Crippen molar-refractivity contribution in [3.05, 3.63) is 0 Å². The van der Waals surface area contributed by atoms with Crippen molar-refractivity contribution in [1.29, 1.82) is 0 Å². The molecule has 0 heterocycles. The second-order valence-electron chi connectivity index (χ2n) is 9.99. The van der Waals surface area contributed by atoms with Crippen LogP contribution in [0.3, 0.4) is 0 Å². The van der Waals surface area contributed by atoms with Crippen LogP contribution in [0.4, 0.5) is 0 Å². The van der Waals surface area contributed by atoms with Crippen LogP contribution in [0.25, 0.3) is 0 Å². The number of aliphatic hydroxyl groups excluding tert-OH is 1. The average Bonchev–Trinajstić information content (AvgIpc) is 2.61. The molecule has 2 N–H and O–H groups in total. The van der Waals surface area contributed by atoms with E-state index in [4.69, 9.17) is 14.9 Å². The van der Waals surface area contributed by atoms with Crippen LogP contribution in [-0.2, 0) is 9.53 Å². The second-order valence-corrected chi connectivity index (χ2v) is 9.99. The molecule has 0 unspecified atom stereocenters. The van der Waals surface area contributed by atoms with E-state index < -0.39 is 5.97 Å². The topological polar surface area (TPSA) is 66.8 Å². The molecule has 0 radical (unpaired) electrons. The maximum Gasteiger partial charge on any atom is 0.303 e. The minimum atomic E-state index is -0.684. The standard InChI is InChI=1S/C24H48O4/c1-23(2,15-7-5-11-19-25)17-9-12-20-28-21-13-10-18-24(3,4)16-8-6-14-22(26)27/h25H,5-21H2,1-4H3,(H,26,27). The lowest BCUT2D eigenvalue weighted by molar-refractivity contribution is -0.137. The minimum absolute atomic E-state index is 0.296. The van der Waals surface area contributed by atoms with Crippen molar-refractivity contribution in [1.82, 2.24) is 0 Å². The molecule has 0 amide bonds. The highest BCUT2D eigenvalue weighted by Gasteiger charge is 2.17. The van der Waals surface area contributed by atoms with Gasteiger partial charge in [-0.25, -0.2) is 0 Å². The molecule has 4 heteroatoms.